The summed E-state index contributed by atoms with van der Waals surface area (Å²) in [5.41, 5.74) is 1.45. The molecule has 19 heavy (non-hydrogen) atoms. The highest BCUT2D eigenvalue weighted by Crippen LogP contribution is 2.39. The van der Waals surface area contributed by atoms with Gasteiger partial charge in [0.15, 0.2) is 0 Å². The molecule has 1 saturated carbocycles. The van der Waals surface area contributed by atoms with Crippen molar-refractivity contribution in [1.29, 1.82) is 0 Å². The lowest BCUT2D eigenvalue weighted by Gasteiger charge is -2.37. The lowest BCUT2D eigenvalue weighted by Crippen LogP contribution is -2.41. The van der Waals surface area contributed by atoms with Crippen molar-refractivity contribution in [2.45, 2.75) is 31.2 Å². The molecule has 0 atom stereocenters. The van der Waals surface area contributed by atoms with Crippen molar-refractivity contribution in [2.75, 3.05) is 19.8 Å². The lowest BCUT2D eigenvalue weighted by molar-refractivity contribution is 0.133. The molecule has 2 nitrogen and oxygen atoms in total. The molecule has 1 N–H and O–H groups in total. The molecule has 1 aliphatic carbocycles. The number of hydrogen-bond donors (Lipinski definition) is 1. The average molecular weight is 324 g/mol. The van der Waals surface area contributed by atoms with E-state index >= 15 is 0 Å². The van der Waals surface area contributed by atoms with Gasteiger partial charge in [0, 0.05) is 17.1 Å². The molecule has 0 aliphatic heterocycles. The van der Waals surface area contributed by atoms with E-state index in [-0.39, 0.29) is 0 Å². The molecule has 1 aliphatic rings. The standard InChI is InChI=1S/C16H22BrNO/c1-2-3-9-19-10-8-18-14-11-13(12-14)15-6-4-5-7-16(15)17/h2,4-7,13-14,18H,1,3,8-12H2. The van der Waals surface area contributed by atoms with E-state index in [4.69, 9.17) is 4.74 Å². The van der Waals surface area contributed by atoms with E-state index in [1.165, 1.54) is 22.9 Å². The van der Waals surface area contributed by atoms with E-state index in [9.17, 15) is 0 Å². The molecule has 0 spiro atoms. The van der Waals surface area contributed by atoms with Gasteiger partial charge in [-0.1, -0.05) is 40.2 Å². The van der Waals surface area contributed by atoms with Gasteiger partial charge in [-0.3, -0.25) is 0 Å². The normalized spacial score (nSPS) is 21.9. The van der Waals surface area contributed by atoms with E-state index in [2.05, 4.69) is 52.1 Å². The number of ether oxygens (including phenoxy) is 1. The van der Waals surface area contributed by atoms with Crippen LogP contribution in [0.15, 0.2) is 41.4 Å². The first-order valence-electron chi connectivity index (χ1n) is 6.97. The van der Waals surface area contributed by atoms with E-state index in [0.29, 0.717) is 12.0 Å². The molecule has 0 unspecified atom stereocenters. The van der Waals surface area contributed by atoms with E-state index in [1.54, 1.807) is 0 Å². The molecule has 3 heteroatoms. The van der Waals surface area contributed by atoms with E-state index in [1.807, 2.05) is 6.08 Å². The Morgan fingerprint density at radius 1 is 1.32 bits per heavy atom. The van der Waals surface area contributed by atoms with Gasteiger partial charge < -0.3 is 10.1 Å². The minimum Gasteiger partial charge on any atom is -0.380 e. The maximum Gasteiger partial charge on any atom is 0.0591 e. The second kappa shape index (κ2) is 7.83. The fourth-order valence-electron chi connectivity index (χ4n) is 2.45. The Balaban J connectivity index is 1.59. The van der Waals surface area contributed by atoms with Crippen LogP contribution in [0.2, 0.25) is 0 Å². The number of halogens is 1. The molecule has 104 valence electrons. The van der Waals surface area contributed by atoms with Crippen LogP contribution in [-0.4, -0.2) is 25.8 Å². The van der Waals surface area contributed by atoms with Gasteiger partial charge in [0.05, 0.1) is 13.2 Å². The summed E-state index contributed by atoms with van der Waals surface area (Å²) in [5.74, 6) is 0.703. The predicted octanol–water partition coefficient (Wildman–Crippen LogP) is 3.88. The quantitative estimate of drug-likeness (QED) is 0.579. The average Bonchev–Trinajstić information content (AvgIpc) is 2.37. The fraction of sp³-hybridized carbons (Fsp3) is 0.500. The van der Waals surface area contributed by atoms with Crippen LogP contribution in [0.25, 0.3) is 0 Å². The third-order valence-corrected chi connectivity index (χ3v) is 4.35. The summed E-state index contributed by atoms with van der Waals surface area (Å²) in [6.45, 7) is 6.21. The summed E-state index contributed by atoms with van der Waals surface area (Å²) in [6.07, 6.45) is 5.29. The van der Waals surface area contributed by atoms with Crippen molar-refractivity contribution < 1.29 is 4.74 Å². The molecule has 0 bridgehead atoms. The number of benzene rings is 1. The molecule has 2 rings (SSSR count). The molecule has 0 amide bonds. The summed E-state index contributed by atoms with van der Waals surface area (Å²) in [7, 11) is 0. The highest BCUT2D eigenvalue weighted by Gasteiger charge is 2.30. The van der Waals surface area contributed by atoms with Gasteiger partial charge in [-0.15, -0.1) is 6.58 Å². The Hall–Kier alpha value is -0.640. The highest BCUT2D eigenvalue weighted by molar-refractivity contribution is 9.10. The Morgan fingerprint density at radius 2 is 2.11 bits per heavy atom. The van der Waals surface area contributed by atoms with Gasteiger partial charge in [0.1, 0.15) is 0 Å². The number of hydrogen-bond acceptors (Lipinski definition) is 2. The van der Waals surface area contributed by atoms with Crippen LogP contribution in [0.4, 0.5) is 0 Å². The second-order valence-corrected chi connectivity index (χ2v) is 5.88. The third kappa shape index (κ3) is 4.44. The molecule has 1 aromatic rings. The van der Waals surface area contributed by atoms with Crippen LogP contribution in [0, 0.1) is 0 Å². The minimum absolute atomic E-state index is 0.653. The minimum atomic E-state index is 0.653. The first-order chi connectivity index (χ1) is 9.31. The zero-order valence-corrected chi connectivity index (χ0v) is 12.9. The van der Waals surface area contributed by atoms with E-state index in [0.717, 1.165) is 26.2 Å². The SMILES string of the molecule is C=CCCOCCNC1CC(c2ccccc2Br)C1. The van der Waals surface area contributed by atoms with Crippen molar-refractivity contribution in [2.24, 2.45) is 0 Å². The van der Waals surface area contributed by atoms with Crippen LogP contribution in [-0.2, 0) is 4.74 Å². The lowest BCUT2D eigenvalue weighted by atomic mass is 9.76. The Bertz CT molecular complexity index is 401. The van der Waals surface area contributed by atoms with E-state index < -0.39 is 0 Å². The number of rotatable bonds is 8. The topological polar surface area (TPSA) is 21.3 Å². The molecule has 1 fully saturated rings. The maximum atomic E-state index is 5.48. The van der Waals surface area contributed by atoms with Crippen LogP contribution in [0.1, 0.15) is 30.7 Å². The predicted molar refractivity (Wildman–Crippen MR) is 83.5 cm³/mol. The van der Waals surface area contributed by atoms with Crippen LogP contribution >= 0.6 is 15.9 Å². The smallest absolute Gasteiger partial charge is 0.0591 e. The van der Waals surface area contributed by atoms with Crippen molar-refractivity contribution in [3.63, 3.8) is 0 Å². The molecular weight excluding hydrogens is 302 g/mol. The Labute approximate surface area is 124 Å². The largest absolute Gasteiger partial charge is 0.380 e. The first-order valence-corrected chi connectivity index (χ1v) is 7.77. The number of nitrogens with one attached hydrogen (secondary N) is 1. The van der Waals surface area contributed by atoms with Crippen LogP contribution in [0.5, 0.6) is 0 Å². The molecule has 0 aromatic heterocycles. The van der Waals surface area contributed by atoms with Crippen LogP contribution < -0.4 is 5.32 Å². The van der Waals surface area contributed by atoms with Crippen molar-refractivity contribution in [3.8, 4) is 0 Å². The zero-order chi connectivity index (χ0) is 13.5. The third-order valence-electron chi connectivity index (χ3n) is 3.63. The van der Waals surface area contributed by atoms with Gasteiger partial charge in [-0.25, -0.2) is 0 Å². The monoisotopic (exact) mass is 323 g/mol. The first kappa shape index (κ1) is 14.8. The van der Waals surface area contributed by atoms with Gasteiger partial charge in [-0.05, 0) is 36.8 Å². The summed E-state index contributed by atoms with van der Waals surface area (Å²) in [4.78, 5) is 0. The van der Waals surface area contributed by atoms with Crippen molar-refractivity contribution >= 4 is 15.9 Å². The highest BCUT2D eigenvalue weighted by atomic mass is 79.9. The van der Waals surface area contributed by atoms with Gasteiger partial charge in [0.25, 0.3) is 0 Å². The van der Waals surface area contributed by atoms with Gasteiger partial charge in [0.2, 0.25) is 0 Å². The summed E-state index contributed by atoms with van der Waals surface area (Å²) >= 11 is 3.63. The Kier molecular flexibility index (Phi) is 6.08. The van der Waals surface area contributed by atoms with Crippen LogP contribution in [0.3, 0.4) is 0 Å². The fourth-order valence-corrected chi connectivity index (χ4v) is 3.06. The molecule has 0 heterocycles. The maximum absolute atomic E-state index is 5.48. The summed E-state index contributed by atoms with van der Waals surface area (Å²) in [6, 6.07) is 9.20. The van der Waals surface area contributed by atoms with Crippen molar-refractivity contribution in [3.05, 3.63) is 47.0 Å². The van der Waals surface area contributed by atoms with Gasteiger partial charge >= 0.3 is 0 Å². The molecule has 0 radical (unpaired) electrons. The molecule has 1 aromatic carbocycles. The Morgan fingerprint density at radius 3 is 2.84 bits per heavy atom. The molecule has 0 saturated heterocycles. The molecular formula is C16H22BrNO. The zero-order valence-electron chi connectivity index (χ0n) is 11.3. The second-order valence-electron chi connectivity index (χ2n) is 5.03. The summed E-state index contributed by atoms with van der Waals surface area (Å²) in [5, 5.41) is 3.55. The van der Waals surface area contributed by atoms with Crippen molar-refractivity contribution in [1.82, 2.24) is 5.32 Å². The van der Waals surface area contributed by atoms with Gasteiger partial charge in [-0.2, -0.15) is 0 Å². The summed E-state index contributed by atoms with van der Waals surface area (Å²) < 4.78 is 6.72.